The molecule has 4 heteroatoms. The average Bonchev–Trinajstić information content (AvgIpc) is 2.45. The van der Waals surface area contributed by atoms with Crippen LogP contribution in [0.3, 0.4) is 0 Å². The molecule has 0 aliphatic carbocycles. The minimum Gasteiger partial charge on any atom is -0.480 e. The van der Waals surface area contributed by atoms with Crippen molar-refractivity contribution in [2.75, 3.05) is 6.54 Å². The molecule has 0 saturated carbocycles. The molecule has 106 valence electrons. The summed E-state index contributed by atoms with van der Waals surface area (Å²) in [5, 5.41) is 9.24. The van der Waals surface area contributed by atoms with Crippen LogP contribution in [0.2, 0.25) is 0 Å². The van der Waals surface area contributed by atoms with Crippen molar-refractivity contribution in [3.8, 4) is 0 Å². The molecule has 1 N–H and O–H groups in total. The van der Waals surface area contributed by atoms with Crippen LogP contribution in [-0.4, -0.2) is 34.5 Å². The van der Waals surface area contributed by atoms with Gasteiger partial charge in [0.1, 0.15) is 6.04 Å². The summed E-state index contributed by atoms with van der Waals surface area (Å²) in [5.41, 5.74) is 0.929. The molecule has 1 fully saturated rings. The number of carbonyl (C=O) groups excluding carboxylic acids is 1. The molecule has 1 aromatic rings. The summed E-state index contributed by atoms with van der Waals surface area (Å²) < 4.78 is 0. The molecule has 0 aromatic heterocycles. The van der Waals surface area contributed by atoms with Crippen molar-refractivity contribution in [1.82, 2.24) is 4.90 Å². The number of likely N-dealkylation sites (tertiary alicyclic amines) is 1. The zero-order chi connectivity index (χ0) is 14.5. The summed E-state index contributed by atoms with van der Waals surface area (Å²) in [7, 11) is 0. The number of amides is 1. The molecule has 2 unspecified atom stereocenters. The molecule has 0 spiro atoms. The van der Waals surface area contributed by atoms with Gasteiger partial charge in [-0.05, 0) is 30.4 Å². The molecule has 1 heterocycles. The molecule has 1 aromatic carbocycles. The van der Waals surface area contributed by atoms with Crippen LogP contribution in [0, 0.1) is 5.92 Å². The van der Waals surface area contributed by atoms with Gasteiger partial charge in [0.15, 0.2) is 0 Å². The van der Waals surface area contributed by atoms with E-state index in [1.165, 1.54) is 11.0 Å². The van der Waals surface area contributed by atoms with Gasteiger partial charge in [-0.25, -0.2) is 4.79 Å². The third kappa shape index (κ3) is 3.47. The van der Waals surface area contributed by atoms with Crippen LogP contribution >= 0.6 is 0 Å². The van der Waals surface area contributed by atoms with Crippen LogP contribution in [0.5, 0.6) is 0 Å². The quantitative estimate of drug-likeness (QED) is 0.860. The molecule has 1 amide bonds. The molecule has 1 saturated heterocycles. The Morgan fingerprint density at radius 3 is 2.65 bits per heavy atom. The summed E-state index contributed by atoms with van der Waals surface area (Å²) in [4.78, 5) is 24.9. The van der Waals surface area contributed by atoms with Gasteiger partial charge in [-0.15, -0.1) is 0 Å². The second-order valence-corrected chi connectivity index (χ2v) is 5.26. The molecule has 0 radical (unpaired) electrons. The van der Waals surface area contributed by atoms with E-state index >= 15 is 0 Å². The predicted molar refractivity (Wildman–Crippen MR) is 77.0 cm³/mol. The van der Waals surface area contributed by atoms with Crippen LogP contribution in [0.4, 0.5) is 0 Å². The van der Waals surface area contributed by atoms with E-state index in [9.17, 15) is 14.7 Å². The fraction of sp³-hybridized carbons (Fsp3) is 0.375. The van der Waals surface area contributed by atoms with Crippen LogP contribution < -0.4 is 0 Å². The number of aliphatic carboxylic acids is 1. The van der Waals surface area contributed by atoms with Crippen molar-refractivity contribution in [3.05, 3.63) is 42.0 Å². The SMILES string of the molecule is CC1CCN(C(=O)/C=C/c2ccccc2)C(C(=O)O)C1. The highest BCUT2D eigenvalue weighted by atomic mass is 16.4. The Morgan fingerprint density at radius 1 is 1.30 bits per heavy atom. The number of carboxylic acid groups (broad SMARTS) is 1. The van der Waals surface area contributed by atoms with Crippen LogP contribution in [0.15, 0.2) is 36.4 Å². The molecule has 1 aliphatic rings. The van der Waals surface area contributed by atoms with Gasteiger partial charge in [-0.2, -0.15) is 0 Å². The summed E-state index contributed by atoms with van der Waals surface area (Å²) >= 11 is 0. The van der Waals surface area contributed by atoms with Gasteiger partial charge in [0.25, 0.3) is 0 Å². The molecule has 0 bridgehead atoms. The zero-order valence-corrected chi connectivity index (χ0v) is 11.5. The summed E-state index contributed by atoms with van der Waals surface area (Å²) in [5.74, 6) is -0.801. The lowest BCUT2D eigenvalue weighted by molar-refractivity contribution is -0.151. The largest absolute Gasteiger partial charge is 0.480 e. The molecule has 2 rings (SSSR count). The summed E-state index contributed by atoms with van der Waals surface area (Å²) in [6.45, 7) is 2.54. The normalized spacial score (nSPS) is 22.9. The lowest BCUT2D eigenvalue weighted by Crippen LogP contribution is -2.49. The highest BCUT2D eigenvalue weighted by Crippen LogP contribution is 2.23. The number of carboxylic acids is 1. The Kier molecular flexibility index (Phi) is 4.56. The van der Waals surface area contributed by atoms with E-state index in [0.29, 0.717) is 18.9 Å². The maximum atomic E-state index is 12.2. The van der Waals surface area contributed by atoms with E-state index in [1.54, 1.807) is 6.08 Å². The number of nitrogens with zero attached hydrogens (tertiary/aromatic N) is 1. The second kappa shape index (κ2) is 6.37. The van der Waals surface area contributed by atoms with Crippen LogP contribution in [0.25, 0.3) is 6.08 Å². The molecular formula is C16H19NO3. The smallest absolute Gasteiger partial charge is 0.326 e. The Hall–Kier alpha value is -2.10. The van der Waals surface area contributed by atoms with E-state index in [2.05, 4.69) is 0 Å². The van der Waals surface area contributed by atoms with Gasteiger partial charge in [0.05, 0.1) is 0 Å². The third-order valence-electron chi connectivity index (χ3n) is 3.65. The minimum absolute atomic E-state index is 0.229. The van der Waals surface area contributed by atoms with E-state index in [1.807, 2.05) is 37.3 Å². The number of benzene rings is 1. The monoisotopic (exact) mass is 273 g/mol. The van der Waals surface area contributed by atoms with Crippen molar-refractivity contribution in [3.63, 3.8) is 0 Å². The first-order valence-electron chi connectivity index (χ1n) is 6.84. The van der Waals surface area contributed by atoms with E-state index in [4.69, 9.17) is 0 Å². The lowest BCUT2D eigenvalue weighted by atomic mass is 9.92. The maximum Gasteiger partial charge on any atom is 0.326 e. The van der Waals surface area contributed by atoms with Crippen molar-refractivity contribution in [2.24, 2.45) is 5.92 Å². The first kappa shape index (κ1) is 14.3. The highest BCUT2D eigenvalue weighted by Gasteiger charge is 2.33. The van der Waals surface area contributed by atoms with Gasteiger partial charge >= 0.3 is 5.97 Å². The number of carbonyl (C=O) groups is 2. The zero-order valence-electron chi connectivity index (χ0n) is 11.5. The van der Waals surface area contributed by atoms with Gasteiger partial charge in [0.2, 0.25) is 5.91 Å². The first-order chi connectivity index (χ1) is 9.58. The van der Waals surface area contributed by atoms with E-state index in [0.717, 1.165) is 12.0 Å². The summed E-state index contributed by atoms with van der Waals surface area (Å²) in [6.07, 6.45) is 4.56. The average molecular weight is 273 g/mol. The number of rotatable bonds is 3. The molecule has 1 aliphatic heterocycles. The van der Waals surface area contributed by atoms with Gasteiger partial charge in [-0.3, -0.25) is 4.79 Å². The Morgan fingerprint density at radius 2 is 2.00 bits per heavy atom. The molecule has 20 heavy (non-hydrogen) atoms. The Bertz CT molecular complexity index is 510. The standard InChI is InChI=1S/C16H19NO3/c1-12-9-10-17(14(11-12)16(19)20)15(18)8-7-13-5-3-2-4-6-13/h2-8,12,14H,9-11H2,1H3,(H,19,20)/b8-7+. The Balaban J connectivity index is 2.07. The van der Waals surface area contributed by atoms with Crippen molar-refractivity contribution < 1.29 is 14.7 Å². The van der Waals surface area contributed by atoms with Crippen LogP contribution in [0.1, 0.15) is 25.3 Å². The topological polar surface area (TPSA) is 57.6 Å². The van der Waals surface area contributed by atoms with E-state index in [-0.39, 0.29) is 5.91 Å². The fourth-order valence-electron chi connectivity index (χ4n) is 2.47. The third-order valence-corrected chi connectivity index (χ3v) is 3.65. The molecule has 4 nitrogen and oxygen atoms in total. The maximum absolute atomic E-state index is 12.2. The fourth-order valence-corrected chi connectivity index (χ4v) is 2.47. The lowest BCUT2D eigenvalue weighted by Gasteiger charge is -2.35. The second-order valence-electron chi connectivity index (χ2n) is 5.26. The number of hydrogen-bond donors (Lipinski definition) is 1. The minimum atomic E-state index is -0.919. The van der Waals surface area contributed by atoms with Crippen molar-refractivity contribution in [1.29, 1.82) is 0 Å². The molecular weight excluding hydrogens is 254 g/mol. The highest BCUT2D eigenvalue weighted by molar-refractivity contribution is 5.94. The summed E-state index contributed by atoms with van der Waals surface area (Å²) in [6, 6.07) is 8.80. The Labute approximate surface area is 118 Å². The first-order valence-corrected chi connectivity index (χ1v) is 6.84. The van der Waals surface area contributed by atoms with Crippen LogP contribution in [-0.2, 0) is 9.59 Å². The molecule has 2 atom stereocenters. The van der Waals surface area contributed by atoms with Gasteiger partial charge in [-0.1, -0.05) is 37.3 Å². The van der Waals surface area contributed by atoms with E-state index < -0.39 is 12.0 Å². The predicted octanol–water partition coefficient (Wildman–Crippen LogP) is 2.41. The van der Waals surface area contributed by atoms with Gasteiger partial charge in [0, 0.05) is 12.6 Å². The van der Waals surface area contributed by atoms with Gasteiger partial charge < -0.3 is 10.0 Å². The van der Waals surface area contributed by atoms with Crippen molar-refractivity contribution >= 4 is 18.0 Å². The number of hydrogen-bond acceptors (Lipinski definition) is 2. The van der Waals surface area contributed by atoms with Crippen molar-refractivity contribution in [2.45, 2.75) is 25.8 Å². The number of piperidine rings is 1.